The Kier molecular flexibility index (Phi) is 4.99. The van der Waals surface area contributed by atoms with Crippen LogP contribution in [0.15, 0.2) is 41.2 Å². The Labute approximate surface area is 152 Å². The molecular formula is C16H14ClN5O4. The first-order valence-corrected chi connectivity index (χ1v) is 8.05. The summed E-state index contributed by atoms with van der Waals surface area (Å²) in [5, 5.41) is 18.5. The molecule has 0 saturated carbocycles. The van der Waals surface area contributed by atoms with E-state index in [0.29, 0.717) is 23.6 Å². The lowest BCUT2D eigenvalue weighted by Crippen LogP contribution is -2.00. The van der Waals surface area contributed by atoms with Crippen LogP contribution < -0.4 is 0 Å². The smallest absolute Gasteiger partial charge is 0.408 e. The van der Waals surface area contributed by atoms with Crippen LogP contribution in [0.25, 0.3) is 6.08 Å². The minimum atomic E-state index is -0.651. The highest BCUT2D eigenvalue weighted by Crippen LogP contribution is 2.22. The molecule has 10 heteroatoms. The van der Waals surface area contributed by atoms with Gasteiger partial charge in [-0.15, -0.1) is 0 Å². The van der Waals surface area contributed by atoms with Crippen molar-refractivity contribution in [3.8, 4) is 0 Å². The number of carbonyl (C=O) groups is 1. The van der Waals surface area contributed by atoms with E-state index < -0.39 is 10.7 Å². The molecule has 0 fully saturated rings. The van der Waals surface area contributed by atoms with Gasteiger partial charge >= 0.3 is 5.82 Å². The molecule has 3 rings (SSSR count). The Bertz CT molecular complexity index is 985. The SMILES string of the molecule is CCn1cc(C(=O)/C=C/c2ccc(Cn3cc(Cl)c([N+](=O)[O-])n3)o2)cn1. The molecule has 0 unspecified atom stereocenters. The normalized spacial score (nSPS) is 11.3. The molecule has 0 spiro atoms. The van der Waals surface area contributed by atoms with Gasteiger partial charge in [-0.05, 0) is 36.1 Å². The number of hydrogen-bond acceptors (Lipinski definition) is 6. The van der Waals surface area contributed by atoms with E-state index in [0.717, 1.165) is 0 Å². The van der Waals surface area contributed by atoms with E-state index in [9.17, 15) is 14.9 Å². The van der Waals surface area contributed by atoms with Crippen molar-refractivity contribution >= 4 is 29.3 Å². The van der Waals surface area contributed by atoms with Crippen molar-refractivity contribution in [2.45, 2.75) is 20.0 Å². The van der Waals surface area contributed by atoms with Gasteiger partial charge in [-0.1, -0.05) is 11.6 Å². The number of halogens is 1. The maximum absolute atomic E-state index is 12.1. The number of nitrogens with zero attached hydrogens (tertiary/aromatic N) is 5. The van der Waals surface area contributed by atoms with Crippen LogP contribution >= 0.6 is 11.6 Å². The molecule has 0 atom stereocenters. The quantitative estimate of drug-likeness (QED) is 0.271. The van der Waals surface area contributed by atoms with Crippen molar-refractivity contribution in [3.05, 3.63) is 69.0 Å². The molecule has 3 aromatic rings. The molecular weight excluding hydrogens is 362 g/mol. The summed E-state index contributed by atoms with van der Waals surface area (Å²) in [5.41, 5.74) is 0.494. The summed E-state index contributed by atoms with van der Waals surface area (Å²) in [4.78, 5) is 22.2. The molecule has 134 valence electrons. The van der Waals surface area contributed by atoms with E-state index in [4.69, 9.17) is 16.0 Å². The van der Waals surface area contributed by atoms with Crippen molar-refractivity contribution in [3.63, 3.8) is 0 Å². The molecule has 0 N–H and O–H groups in total. The van der Waals surface area contributed by atoms with Gasteiger partial charge in [-0.3, -0.25) is 9.48 Å². The standard InChI is InChI=1S/C16H14ClN5O4/c1-2-20-8-11(7-18-20)15(23)6-5-12-3-4-13(26-12)9-21-10-14(17)16(19-21)22(24)25/h3-8,10H,2,9H2,1H3/b6-5+. The maximum Gasteiger partial charge on any atom is 0.408 e. The molecule has 3 heterocycles. The Balaban J connectivity index is 1.66. The third kappa shape index (κ3) is 3.89. The zero-order chi connectivity index (χ0) is 18.7. The summed E-state index contributed by atoms with van der Waals surface area (Å²) in [6.07, 6.45) is 7.49. The minimum Gasteiger partial charge on any atom is -0.460 e. The second-order valence-electron chi connectivity index (χ2n) is 5.34. The van der Waals surface area contributed by atoms with Crippen LogP contribution in [0.5, 0.6) is 0 Å². The highest BCUT2D eigenvalue weighted by molar-refractivity contribution is 6.32. The summed E-state index contributed by atoms with van der Waals surface area (Å²) in [7, 11) is 0. The Morgan fingerprint density at radius 2 is 2.19 bits per heavy atom. The van der Waals surface area contributed by atoms with E-state index in [-0.39, 0.29) is 17.4 Å². The number of furan rings is 1. The fourth-order valence-electron chi connectivity index (χ4n) is 2.24. The topological polar surface area (TPSA) is 109 Å². The van der Waals surface area contributed by atoms with E-state index in [2.05, 4.69) is 10.2 Å². The number of allylic oxidation sites excluding steroid dienone is 1. The highest BCUT2D eigenvalue weighted by Gasteiger charge is 2.19. The summed E-state index contributed by atoms with van der Waals surface area (Å²) in [5.74, 6) is 0.405. The monoisotopic (exact) mass is 375 g/mol. The van der Waals surface area contributed by atoms with Crippen molar-refractivity contribution in [2.75, 3.05) is 0 Å². The number of aryl methyl sites for hydroxylation is 1. The lowest BCUT2D eigenvalue weighted by Gasteiger charge is -1.93. The van der Waals surface area contributed by atoms with Crippen molar-refractivity contribution in [1.82, 2.24) is 19.6 Å². The van der Waals surface area contributed by atoms with Gasteiger partial charge in [0.15, 0.2) is 10.8 Å². The van der Waals surface area contributed by atoms with Gasteiger partial charge < -0.3 is 14.5 Å². The summed E-state index contributed by atoms with van der Waals surface area (Å²) in [6.45, 7) is 2.80. The Hall–Kier alpha value is -3.20. The van der Waals surface area contributed by atoms with E-state index >= 15 is 0 Å². The fraction of sp³-hybridized carbons (Fsp3) is 0.188. The largest absolute Gasteiger partial charge is 0.460 e. The zero-order valence-corrected chi connectivity index (χ0v) is 14.5. The van der Waals surface area contributed by atoms with Crippen molar-refractivity contribution in [2.24, 2.45) is 0 Å². The second kappa shape index (κ2) is 7.36. The van der Waals surface area contributed by atoms with Gasteiger partial charge in [0.05, 0.1) is 23.1 Å². The summed E-state index contributed by atoms with van der Waals surface area (Å²) >= 11 is 5.76. The first kappa shape index (κ1) is 17.6. The summed E-state index contributed by atoms with van der Waals surface area (Å²) in [6, 6.07) is 3.38. The molecule has 0 saturated heterocycles. The number of carbonyl (C=O) groups excluding carboxylic acids is 1. The molecule has 0 aliphatic heterocycles. The molecule has 0 aromatic carbocycles. The number of ketones is 1. The van der Waals surface area contributed by atoms with E-state index in [1.807, 2.05) is 6.92 Å². The first-order chi connectivity index (χ1) is 12.5. The third-order valence-corrected chi connectivity index (χ3v) is 3.78. The molecule has 0 amide bonds. The Morgan fingerprint density at radius 3 is 2.85 bits per heavy atom. The van der Waals surface area contributed by atoms with Crippen LogP contribution in [-0.4, -0.2) is 30.3 Å². The predicted molar refractivity (Wildman–Crippen MR) is 93.0 cm³/mol. The van der Waals surface area contributed by atoms with Gasteiger partial charge in [0, 0.05) is 12.7 Å². The molecule has 0 aliphatic rings. The number of nitro groups is 1. The molecule has 0 bridgehead atoms. The van der Waals surface area contributed by atoms with E-state index in [1.165, 1.54) is 23.2 Å². The van der Waals surface area contributed by atoms with Crippen LogP contribution in [0.3, 0.4) is 0 Å². The maximum atomic E-state index is 12.1. The Morgan fingerprint density at radius 1 is 1.38 bits per heavy atom. The van der Waals surface area contributed by atoms with Crippen LogP contribution in [0.1, 0.15) is 28.8 Å². The lowest BCUT2D eigenvalue weighted by molar-refractivity contribution is -0.389. The minimum absolute atomic E-state index is 0.0418. The molecule has 9 nitrogen and oxygen atoms in total. The van der Waals surface area contributed by atoms with Crippen LogP contribution in [0.2, 0.25) is 5.02 Å². The predicted octanol–water partition coefficient (Wildman–Crippen LogP) is 3.20. The average molecular weight is 376 g/mol. The fourth-order valence-corrected chi connectivity index (χ4v) is 2.46. The van der Waals surface area contributed by atoms with Crippen molar-refractivity contribution < 1.29 is 14.1 Å². The molecule has 3 aromatic heterocycles. The number of aromatic nitrogens is 4. The first-order valence-electron chi connectivity index (χ1n) is 7.67. The van der Waals surface area contributed by atoms with Gasteiger partial charge in [0.2, 0.25) is 0 Å². The lowest BCUT2D eigenvalue weighted by atomic mass is 10.2. The summed E-state index contributed by atoms with van der Waals surface area (Å²) < 4.78 is 8.56. The zero-order valence-electron chi connectivity index (χ0n) is 13.7. The van der Waals surface area contributed by atoms with Crippen LogP contribution in [0.4, 0.5) is 5.82 Å². The molecule has 26 heavy (non-hydrogen) atoms. The van der Waals surface area contributed by atoms with E-state index in [1.54, 1.807) is 29.1 Å². The van der Waals surface area contributed by atoms with Crippen LogP contribution in [-0.2, 0) is 13.1 Å². The van der Waals surface area contributed by atoms with Crippen molar-refractivity contribution in [1.29, 1.82) is 0 Å². The number of hydrogen-bond donors (Lipinski definition) is 0. The average Bonchev–Trinajstić information content (AvgIpc) is 3.32. The molecule has 0 radical (unpaired) electrons. The van der Waals surface area contributed by atoms with Gasteiger partial charge in [-0.25, -0.2) is 0 Å². The second-order valence-corrected chi connectivity index (χ2v) is 5.75. The highest BCUT2D eigenvalue weighted by atomic mass is 35.5. The third-order valence-electron chi connectivity index (χ3n) is 3.51. The number of rotatable bonds is 7. The molecule has 0 aliphatic carbocycles. The van der Waals surface area contributed by atoms with Gasteiger partial charge in [0.25, 0.3) is 0 Å². The van der Waals surface area contributed by atoms with Crippen LogP contribution in [0, 0.1) is 10.1 Å². The van der Waals surface area contributed by atoms with Gasteiger partial charge in [-0.2, -0.15) is 9.78 Å². The van der Waals surface area contributed by atoms with Gasteiger partial charge in [0.1, 0.15) is 18.1 Å².